The molecule has 2 rings (SSSR count). The smallest absolute Gasteiger partial charge is 0.128 e. The minimum absolute atomic E-state index is 0. The molecule has 0 aromatic heterocycles. The maximum absolute atomic E-state index is 10.5. The van der Waals surface area contributed by atoms with Crippen LogP contribution in [-0.4, -0.2) is 11.4 Å². The summed E-state index contributed by atoms with van der Waals surface area (Å²) in [7, 11) is 0. The molecule has 66 valence electrons. The molecule has 0 aliphatic heterocycles. The second kappa shape index (κ2) is 3.85. The quantitative estimate of drug-likeness (QED) is 0.550. The van der Waals surface area contributed by atoms with Gasteiger partial charge in [0.15, 0.2) is 0 Å². The fourth-order valence-corrected chi connectivity index (χ4v) is 1.43. The largest absolute Gasteiger partial charge is 0.412 e. The molecule has 0 bridgehead atoms. The van der Waals surface area contributed by atoms with E-state index in [1.54, 1.807) is 0 Å². The van der Waals surface area contributed by atoms with Gasteiger partial charge in [0.05, 0.1) is 0 Å². The zero-order valence-electron chi connectivity index (χ0n) is 7.08. The van der Waals surface area contributed by atoms with Crippen LogP contribution in [0.4, 0.5) is 0 Å². The van der Waals surface area contributed by atoms with Gasteiger partial charge >= 0.3 is 0 Å². The van der Waals surface area contributed by atoms with Crippen LogP contribution in [0.3, 0.4) is 0 Å². The van der Waals surface area contributed by atoms with Crippen molar-refractivity contribution < 1.29 is 10.3 Å². The Morgan fingerprint density at radius 1 is 1.23 bits per heavy atom. The van der Waals surface area contributed by atoms with Gasteiger partial charge in [-0.2, -0.15) is 0 Å². The molecule has 0 unspecified atom stereocenters. The third kappa shape index (κ3) is 1.59. The maximum Gasteiger partial charge on any atom is 0.128 e. The normalized spacial score (nSPS) is 12.8. The van der Waals surface area contributed by atoms with Crippen molar-refractivity contribution in [1.82, 2.24) is 0 Å². The molecular formula is C11H10O2. The monoisotopic (exact) mass is 174 g/mol. The first-order valence-electron chi connectivity index (χ1n) is 3.92. The van der Waals surface area contributed by atoms with Crippen molar-refractivity contribution in [1.29, 1.82) is 0 Å². The third-order valence-corrected chi connectivity index (χ3v) is 2.03. The Morgan fingerprint density at radius 2 is 2.00 bits per heavy atom. The van der Waals surface area contributed by atoms with Gasteiger partial charge in [-0.05, 0) is 11.1 Å². The molecule has 0 heterocycles. The molecule has 1 aromatic rings. The van der Waals surface area contributed by atoms with Crippen LogP contribution in [0, 0.1) is 0 Å². The van der Waals surface area contributed by atoms with E-state index in [4.69, 9.17) is 0 Å². The molecule has 0 saturated carbocycles. The van der Waals surface area contributed by atoms with E-state index in [2.05, 4.69) is 0 Å². The predicted octanol–water partition coefficient (Wildman–Crippen LogP) is 1.49. The molecule has 2 N–H and O–H groups in total. The summed E-state index contributed by atoms with van der Waals surface area (Å²) in [5, 5.41) is 0. The summed E-state index contributed by atoms with van der Waals surface area (Å²) in [5.74, 6) is 1.98. The number of fused-ring (bicyclic) bond motifs is 1. The summed E-state index contributed by atoms with van der Waals surface area (Å²) >= 11 is 0. The zero-order chi connectivity index (χ0) is 8.39. The molecule has 2 heteroatoms. The van der Waals surface area contributed by atoms with Crippen molar-refractivity contribution in [3.05, 3.63) is 41.5 Å². The zero-order valence-corrected chi connectivity index (χ0v) is 7.08. The molecule has 1 aliphatic carbocycles. The van der Waals surface area contributed by atoms with E-state index in [9.17, 15) is 4.79 Å². The van der Waals surface area contributed by atoms with Gasteiger partial charge in [-0.15, -0.1) is 0 Å². The first kappa shape index (κ1) is 9.46. The lowest BCUT2D eigenvalue weighted by Crippen LogP contribution is -1.92. The van der Waals surface area contributed by atoms with E-state index < -0.39 is 0 Å². The van der Waals surface area contributed by atoms with Crippen molar-refractivity contribution in [2.24, 2.45) is 0 Å². The van der Waals surface area contributed by atoms with E-state index in [-0.39, 0.29) is 5.48 Å². The summed E-state index contributed by atoms with van der Waals surface area (Å²) in [4.78, 5) is 10.5. The summed E-state index contributed by atoms with van der Waals surface area (Å²) in [5.41, 5.74) is 2.89. The molecule has 0 radical (unpaired) electrons. The lowest BCUT2D eigenvalue weighted by atomic mass is 9.94. The van der Waals surface area contributed by atoms with Crippen LogP contribution in [0.15, 0.2) is 30.3 Å². The van der Waals surface area contributed by atoms with Gasteiger partial charge in [0, 0.05) is 12.0 Å². The molecule has 1 aromatic carbocycles. The highest BCUT2D eigenvalue weighted by Gasteiger charge is 2.08. The number of hydrogen-bond acceptors (Lipinski definition) is 1. The SMILES string of the molecule is O.O=C=C1CC=Cc2ccccc21. The van der Waals surface area contributed by atoms with Crippen LogP contribution in [0.5, 0.6) is 0 Å². The topological polar surface area (TPSA) is 48.6 Å². The van der Waals surface area contributed by atoms with Gasteiger partial charge in [0.25, 0.3) is 0 Å². The second-order valence-electron chi connectivity index (χ2n) is 2.77. The first-order chi connectivity index (χ1) is 5.92. The number of carbonyl (C=O) groups excluding carboxylic acids is 1. The average Bonchev–Trinajstić information content (AvgIpc) is 2.17. The van der Waals surface area contributed by atoms with Crippen LogP contribution in [0.1, 0.15) is 17.5 Å². The fourth-order valence-electron chi connectivity index (χ4n) is 1.43. The molecule has 0 fully saturated rings. The van der Waals surface area contributed by atoms with Gasteiger partial charge in [0.1, 0.15) is 5.94 Å². The second-order valence-corrected chi connectivity index (χ2v) is 2.77. The minimum atomic E-state index is 0. The molecular weight excluding hydrogens is 164 g/mol. The van der Waals surface area contributed by atoms with Gasteiger partial charge in [-0.1, -0.05) is 36.4 Å². The summed E-state index contributed by atoms with van der Waals surface area (Å²) in [6.07, 6.45) is 4.74. The van der Waals surface area contributed by atoms with Gasteiger partial charge in [-0.25, -0.2) is 4.79 Å². The van der Waals surface area contributed by atoms with Gasteiger partial charge < -0.3 is 5.48 Å². The Balaban J connectivity index is 0.000000845. The first-order valence-corrected chi connectivity index (χ1v) is 3.92. The van der Waals surface area contributed by atoms with Crippen LogP contribution in [0.2, 0.25) is 0 Å². The molecule has 2 nitrogen and oxygen atoms in total. The Morgan fingerprint density at radius 3 is 2.77 bits per heavy atom. The van der Waals surface area contributed by atoms with Crippen LogP contribution in [0.25, 0.3) is 11.6 Å². The van der Waals surface area contributed by atoms with E-state index in [1.807, 2.05) is 42.4 Å². The van der Waals surface area contributed by atoms with E-state index in [1.165, 1.54) is 0 Å². The number of hydrogen-bond donors (Lipinski definition) is 0. The number of benzene rings is 1. The van der Waals surface area contributed by atoms with E-state index in [0.29, 0.717) is 6.42 Å². The highest BCUT2D eigenvalue weighted by Crippen LogP contribution is 2.25. The highest BCUT2D eigenvalue weighted by molar-refractivity contribution is 5.93. The summed E-state index contributed by atoms with van der Waals surface area (Å²) < 4.78 is 0. The Bertz CT molecular complexity index is 385. The predicted molar refractivity (Wildman–Crippen MR) is 52.8 cm³/mol. The summed E-state index contributed by atoms with van der Waals surface area (Å²) in [6.45, 7) is 0. The number of rotatable bonds is 0. The fraction of sp³-hybridized carbons (Fsp3) is 0.0909. The van der Waals surface area contributed by atoms with Crippen LogP contribution in [-0.2, 0) is 4.79 Å². The molecule has 1 aliphatic rings. The van der Waals surface area contributed by atoms with Crippen molar-refractivity contribution >= 4 is 17.6 Å². The summed E-state index contributed by atoms with van der Waals surface area (Å²) in [6, 6.07) is 7.87. The Kier molecular flexibility index (Phi) is 2.80. The standard InChI is InChI=1S/C11H8O.H2O/c12-8-10-6-3-5-9-4-1-2-7-11(9)10;/h1-5,7H,6H2;1H2. The van der Waals surface area contributed by atoms with Crippen molar-refractivity contribution in [2.75, 3.05) is 0 Å². The van der Waals surface area contributed by atoms with E-state index in [0.717, 1.165) is 16.7 Å². The Labute approximate surface area is 76.5 Å². The van der Waals surface area contributed by atoms with E-state index >= 15 is 0 Å². The van der Waals surface area contributed by atoms with Gasteiger partial charge in [0.2, 0.25) is 0 Å². The third-order valence-electron chi connectivity index (χ3n) is 2.03. The molecule has 0 spiro atoms. The van der Waals surface area contributed by atoms with Crippen molar-refractivity contribution in [3.63, 3.8) is 0 Å². The molecule has 0 amide bonds. The molecule has 0 saturated heterocycles. The highest BCUT2D eigenvalue weighted by atomic mass is 16.1. The minimum Gasteiger partial charge on any atom is -0.412 e. The lowest BCUT2D eigenvalue weighted by molar-refractivity contribution is 0.569. The maximum atomic E-state index is 10.5. The molecule has 13 heavy (non-hydrogen) atoms. The van der Waals surface area contributed by atoms with Crippen LogP contribution >= 0.6 is 0 Å². The lowest BCUT2D eigenvalue weighted by Gasteiger charge is -2.09. The molecule has 0 atom stereocenters. The van der Waals surface area contributed by atoms with Crippen molar-refractivity contribution in [3.8, 4) is 0 Å². The number of allylic oxidation sites excluding steroid dienone is 2. The Hall–Kier alpha value is -1.63. The van der Waals surface area contributed by atoms with Crippen molar-refractivity contribution in [2.45, 2.75) is 6.42 Å². The van der Waals surface area contributed by atoms with Crippen LogP contribution < -0.4 is 0 Å². The van der Waals surface area contributed by atoms with Gasteiger partial charge in [-0.3, -0.25) is 0 Å². The average molecular weight is 174 g/mol.